The second-order valence-electron chi connectivity index (χ2n) is 10.0. The van der Waals surface area contributed by atoms with E-state index in [2.05, 4.69) is 20.8 Å². The minimum Gasteiger partial charge on any atom is -0.332 e. The van der Waals surface area contributed by atoms with Crippen LogP contribution in [0.4, 0.5) is 4.39 Å². The van der Waals surface area contributed by atoms with Crippen molar-refractivity contribution in [2.45, 2.75) is 78.4 Å². The average Bonchev–Trinajstić information content (AvgIpc) is 3.25. The number of amides is 2. The first kappa shape index (κ1) is 24.4. The van der Waals surface area contributed by atoms with E-state index in [4.69, 9.17) is 0 Å². The van der Waals surface area contributed by atoms with Gasteiger partial charge in [-0.05, 0) is 47.4 Å². The van der Waals surface area contributed by atoms with Crippen molar-refractivity contribution in [3.05, 3.63) is 58.0 Å². The topological polar surface area (TPSA) is 40.6 Å². The number of hydrogen-bond acceptors (Lipinski definition) is 3. The minimum atomic E-state index is -0.291. The van der Waals surface area contributed by atoms with Crippen LogP contribution in [0.5, 0.6) is 0 Å². The summed E-state index contributed by atoms with van der Waals surface area (Å²) in [5, 5.41) is 2.00. The Morgan fingerprint density at radius 3 is 2.28 bits per heavy atom. The zero-order valence-electron chi connectivity index (χ0n) is 19.5. The van der Waals surface area contributed by atoms with Crippen LogP contribution in [0, 0.1) is 11.2 Å². The van der Waals surface area contributed by atoms with Gasteiger partial charge in [0.2, 0.25) is 11.8 Å². The fourth-order valence-corrected chi connectivity index (χ4v) is 4.97. The van der Waals surface area contributed by atoms with Crippen LogP contribution in [-0.2, 0) is 22.7 Å². The van der Waals surface area contributed by atoms with Gasteiger partial charge in [-0.3, -0.25) is 9.59 Å². The second kappa shape index (κ2) is 11.1. The predicted molar refractivity (Wildman–Crippen MR) is 128 cm³/mol. The van der Waals surface area contributed by atoms with E-state index in [1.54, 1.807) is 28.4 Å². The second-order valence-corrected chi connectivity index (χ2v) is 11.0. The monoisotopic (exact) mass is 458 g/mol. The third-order valence-electron chi connectivity index (χ3n) is 5.89. The molecule has 6 heteroatoms. The number of carbonyl (C=O) groups is 2. The predicted octanol–water partition coefficient (Wildman–Crippen LogP) is 6.01. The van der Waals surface area contributed by atoms with Gasteiger partial charge < -0.3 is 9.80 Å². The summed E-state index contributed by atoms with van der Waals surface area (Å²) in [6.07, 6.45) is 5.76. The summed E-state index contributed by atoms with van der Waals surface area (Å²) in [5.74, 6) is -0.285. The van der Waals surface area contributed by atoms with E-state index >= 15 is 0 Å². The van der Waals surface area contributed by atoms with Crippen molar-refractivity contribution >= 4 is 23.2 Å². The summed E-state index contributed by atoms with van der Waals surface area (Å²) in [4.78, 5) is 31.5. The minimum absolute atomic E-state index is 0.0597. The van der Waals surface area contributed by atoms with E-state index in [1.165, 1.54) is 18.6 Å². The summed E-state index contributed by atoms with van der Waals surface area (Å²) in [6.45, 7) is 7.16. The number of nitrogens with zero attached hydrogens (tertiary/aromatic N) is 2. The largest absolute Gasteiger partial charge is 0.332 e. The molecule has 0 aliphatic heterocycles. The normalized spacial score (nSPS) is 14.9. The lowest BCUT2D eigenvalue weighted by molar-refractivity contribution is -0.145. The Labute approximate surface area is 195 Å². The Kier molecular flexibility index (Phi) is 8.46. The van der Waals surface area contributed by atoms with Crippen molar-refractivity contribution in [2.75, 3.05) is 6.54 Å². The molecule has 1 fully saturated rings. The summed E-state index contributed by atoms with van der Waals surface area (Å²) < 4.78 is 13.4. The molecule has 1 saturated carbocycles. The summed E-state index contributed by atoms with van der Waals surface area (Å²) in [7, 11) is 0. The number of thiophene rings is 1. The third-order valence-corrected chi connectivity index (χ3v) is 6.75. The zero-order chi connectivity index (χ0) is 23.1. The molecule has 4 nitrogen and oxygen atoms in total. The molecule has 1 aromatic heterocycles. The molecule has 174 valence electrons. The van der Waals surface area contributed by atoms with E-state index in [0.29, 0.717) is 19.5 Å². The molecule has 1 heterocycles. The Hall–Kier alpha value is -2.21. The highest BCUT2D eigenvalue weighted by Crippen LogP contribution is 2.27. The highest BCUT2D eigenvalue weighted by atomic mass is 32.1. The van der Waals surface area contributed by atoms with Crippen LogP contribution in [0.2, 0.25) is 0 Å². The number of carbonyl (C=O) groups excluding carboxylic acids is 2. The number of rotatable bonds is 8. The molecular formula is C26H35FN2O2S. The van der Waals surface area contributed by atoms with Crippen LogP contribution in [0.15, 0.2) is 41.8 Å². The van der Waals surface area contributed by atoms with Crippen molar-refractivity contribution in [3.8, 4) is 0 Å². The van der Waals surface area contributed by atoms with Gasteiger partial charge in [0, 0.05) is 23.9 Å². The summed E-state index contributed by atoms with van der Waals surface area (Å²) in [5.41, 5.74) is 0.749. The standard InChI is InChI=1S/C26H35FN2O2S/c1-26(2,3)16-24(30)29(22-8-5-4-6-9-22)19-25(31)28(18-23-10-7-15-32-23)17-20-11-13-21(27)14-12-20/h7,10-15,22H,4-6,8-9,16-19H2,1-3H3. The maximum absolute atomic E-state index is 13.5. The maximum Gasteiger partial charge on any atom is 0.242 e. The Bertz CT molecular complexity index is 868. The Morgan fingerprint density at radius 1 is 1.00 bits per heavy atom. The van der Waals surface area contributed by atoms with Gasteiger partial charge in [0.1, 0.15) is 12.4 Å². The van der Waals surface area contributed by atoms with E-state index in [0.717, 1.165) is 36.1 Å². The highest BCUT2D eigenvalue weighted by Gasteiger charge is 2.31. The van der Waals surface area contributed by atoms with Crippen LogP contribution >= 0.6 is 11.3 Å². The number of benzene rings is 1. The smallest absolute Gasteiger partial charge is 0.242 e. The van der Waals surface area contributed by atoms with Crippen LogP contribution < -0.4 is 0 Å². The quantitative estimate of drug-likeness (QED) is 0.486. The summed E-state index contributed by atoms with van der Waals surface area (Å²) >= 11 is 1.61. The molecule has 0 spiro atoms. The molecule has 3 rings (SSSR count). The molecule has 0 N–H and O–H groups in total. The molecule has 1 aromatic carbocycles. The molecule has 0 saturated heterocycles. The summed E-state index contributed by atoms with van der Waals surface area (Å²) in [6, 6.07) is 10.4. The first-order valence-corrected chi connectivity index (χ1v) is 12.4. The van der Waals surface area contributed by atoms with Crippen LogP contribution in [0.25, 0.3) is 0 Å². The van der Waals surface area contributed by atoms with E-state index in [1.807, 2.05) is 22.4 Å². The van der Waals surface area contributed by atoms with Gasteiger partial charge in [-0.15, -0.1) is 11.3 Å². The van der Waals surface area contributed by atoms with Gasteiger partial charge in [0.05, 0.1) is 6.54 Å². The van der Waals surface area contributed by atoms with Crippen molar-refractivity contribution < 1.29 is 14.0 Å². The van der Waals surface area contributed by atoms with Gasteiger partial charge in [-0.25, -0.2) is 4.39 Å². The van der Waals surface area contributed by atoms with Crippen molar-refractivity contribution in [1.29, 1.82) is 0 Å². The lowest BCUT2D eigenvalue weighted by atomic mass is 9.89. The average molecular weight is 459 g/mol. The molecular weight excluding hydrogens is 423 g/mol. The number of halogens is 1. The molecule has 2 amide bonds. The van der Waals surface area contributed by atoms with Crippen LogP contribution in [0.3, 0.4) is 0 Å². The fraction of sp³-hybridized carbons (Fsp3) is 0.538. The highest BCUT2D eigenvalue weighted by molar-refractivity contribution is 7.09. The Balaban J connectivity index is 1.79. The maximum atomic E-state index is 13.5. The van der Waals surface area contributed by atoms with Gasteiger partial charge >= 0.3 is 0 Å². The van der Waals surface area contributed by atoms with Crippen molar-refractivity contribution in [1.82, 2.24) is 9.80 Å². The molecule has 1 aliphatic carbocycles. The molecule has 1 aliphatic rings. The van der Waals surface area contributed by atoms with E-state index in [-0.39, 0.29) is 35.6 Å². The van der Waals surface area contributed by atoms with Gasteiger partial charge in [-0.1, -0.05) is 58.2 Å². The lowest BCUT2D eigenvalue weighted by Crippen LogP contribution is -2.48. The van der Waals surface area contributed by atoms with Crippen LogP contribution in [0.1, 0.15) is 69.7 Å². The lowest BCUT2D eigenvalue weighted by Gasteiger charge is -2.37. The fourth-order valence-electron chi connectivity index (χ4n) is 4.25. The van der Waals surface area contributed by atoms with Gasteiger partial charge in [-0.2, -0.15) is 0 Å². The van der Waals surface area contributed by atoms with E-state index in [9.17, 15) is 14.0 Å². The molecule has 0 bridgehead atoms. The molecule has 32 heavy (non-hydrogen) atoms. The van der Waals surface area contributed by atoms with Gasteiger partial charge in [0.15, 0.2) is 0 Å². The van der Waals surface area contributed by atoms with Crippen molar-refractivity contribution in [2.24, 2.45) is 5.41 Å². The zero-order valence-corrected chi connectivity index (χ0v) is 20.3. The Morgan fingerprint density at radius 2 is 1.69 bits per heavy atom. The first-order valence-electron chi connectivity index (χ1n) is 11.6. The van der Waals surface area contributed by atoms with E-state index < -0.39 is 0 Å². The molecule has 2 aromatic rings. The SMILES string of the molecule is CC(C)(C)CC(=O)N(CC(=O)N(Cc1ccc(F)cc1)Cc1cccs1)C1CCCCC1. The first-order chi connectivity index (χ1) is 15.2. The van der Waals surface area contributed by atoms with Gasteiger partial charge in [0.25, 0.3) is 0 Å². The molecule has 0 radical (unpaired) electrons. The van der Waals surface area contributed by atoms with Crippen molar-refractivity contribution in [3.63, 3.8) is 0 Å². The van der Waals surface area contributed by atoms with Crippen LogP contribution in [-0.4, -0.2) is 34.2 Å². The third kappa shape index (κ3) is 7.44. The molecule has 0 unspecified atom stereocenters. The number of hydrogen-bond donors (Lipinski definition) is 0. The molecule has 0 atom stereocenters.